The Morgan fingerprint density at radius 1 is 1.39 bits per heavy atom. The average Bonchev–Trinajstić information content (AvgIpc) is 2.36. The molecule has 1 amide bonds. The van der Waals surface area contributed by atoms with Crippen LogP contribution in [-0.4, -0.2) is 42.7 Å². The highest BCUT2D eigenvalue weighted by Crippen LogP contribution is 2.07. The van der Waals surface area contributed by atoms with Crippen LogP contribution in [0.1, 0.15) is 29.3 Å². The van der Waals surface area contributed by atoms with Crippen molar-refractivity contribution >= 4 is 5.91 Å². The van der Waals surface area contributed by atoms with Crippen molar-refractivity contribution in [1.82, 2.24) is 10.2 Å². The second-order valence-electron chi connectivity index (χ2n) is 4.65. The van der Waals surface area contributed by atoms with E-state index in [4.69, 9.17) is 0 Å². The van der Waals surface area contributed by atoms with E-state index in [-0.39, 0.29) is 12.0 Å². The van der Waals surface area contributed by atoms with Gasteiger partial charge in [-0.1, -0.05) is 12.1 Å². The Balaban J connectivity index is 2.50. The summed E-state index contributed by atoms with van der Waals surface area (Å²) in [6, 6.07) is 7.58. The molecule has 0 bridgehead atoms. The lowest BCUT2D eigenvalue weighted by atomic mass is 10.1. The number of nitrogens with one attached hydrogen (secondary N) is 1. The number of hydrogen-bond donors (Lipinski definition) is 2. The molecule has 1 aromatic carbocycles. The lowest BCUT2D eigenvalue weighted by Crippen LogP contribution is -2.22. The summed E-state index contributed by atoms with van der Waals surface area (Å²) < 4.78 is 0. The van der Waals surface area contributed by atoms with Gasteiger partial charge in [0.15, 0.2) is 0 Å². The molecule has 0 aliphatic carbocycles. The van der Waals surface area contributed by atoms with Gasteiger partial charge in [0.05, 0.1) is 6.10 Å². The average molecular weight is 250 g/mol. The minimum Gasteiger partial charge on any atom is -0.393 e. The summed E-state index contributed by atoms with van der Waals surface area (Å²) in [5.74, 6) is -0.0657. The van der Waals surface area contributed by atoms with Crippen molar-refractivity contribution in [2.24, 2.45) is 0 Å². The SMILES string of the molecule is CNC(=O)c1ccc(CN(C)CC[C@@H](C)O)cc1. The fourth-order valence-electron chi connectivity index (χ4n) is 1.70. The molecule has 0 heterocycles. The molecule has 2 N–H and O–H groups in total. The normalized spacial score (nSPS) is 12.5. The largest absolute Gasteiger partial charge is 0.393 e. The number of benzene rings is 1. The quantitative estimate of drug-likeness (QED) is 0.799. The van der Waals surface area contributed by atoms with Crippen LogP contribution in [0.5, 0.6) is 0 Å². The van der Waals surface area contributed by atoms with E-state index in [1.807, 2.05) is 31.3 Å². The van der Waals surface area contributed by atoms with E-state index >= 15 is 0 Å². The minimum atomic E-state index is -0.261. The van der Waals surface area contributed by atoms with Crippen molar-refractivity contribution in [1.29, 1.82) is 0 Å². The zero-order valence-electron chi connectivity index (χ0n) is 11.3. The Kier molecular flexibility index (Phi) is 5.82. The van der Waals surface area contributed by atoms with Gasteiger partial charge in [-0.05, 0) is 38.1 Å². The fourth-order valence-corrected chi connectivity index (χ4v) is 1.70. The molecular formula is C14H22N2O2. The molecule has 0 radical (unpaired) electrons. The van der Waals surface area contributed by atoms with Crippen molar-refractivity contribution in [2.75, 3.05) is 20.6 Å². The Morgan fingerprint density at radius 2 is 2.00 bits per heavy atom. The number of carbonyl (C=O) groups excluding carboxylic acids is 1. The number of aliphatic hydroxyl groups excluding tert-OH is 1. The molecule has 1 atom stereocenters. The van der Waals surface area contributed by atoms with Crippen molar-refractivity contribution < 1.29 is 9.90 Å². The van der Waals surface area contributed by atoms with Crippen LogP contribution in [0.15, 0.2) is 24.3 Å². The van der Waals surface area contributed by atoms with Gasteiger partial charge in [-0.3, -0.25) is 4.79 Å². The zero-order valence-corrected chi connectivity index (χ0v) is 11.3. The van der Waals surface area contributed by atoms with Gasteiger partial charge >= 0.3 is 0 Å². The maximum atomic E-state index is 11.4. The van der Waals surface area contributed by atoms with Crippen molar-refractivity contribution in [2.45, 2.75) is 26.0 Å². The first-order chi connectivity index (χ1) is 8.52. The van der Waals surface area contributed by atoms with Gasteiger partial charge in [0.2, 0.25) is 0 Å². The fraction of sp³-hybridized carbons (Fsp3) is 0.500. The molecule has 4 nitrogen and oxygen atoms in total. The Hall–Kier alpha value is -1.39. The van der Waals surface area contributed by atoms with Crippen LogP contribution in [-0.2, 0) is 6.54 Å². The highest BCUT2D eigenvalue weighted by atomic mass is 16.3. The molecule has 0 saturated heterocycles. The van der Waals surface area contributed by atoms with Gasteiger partial charge in [0.1, 0.15) is 0 Å². The summed E-state index contributed by atoms with van der Waals surface area (Å²) in [6.45, 7) is 3.47. The number of rotatable bonds is 6. The highest BCUT2D eigenvalue weighted by molar-refractivity contribution is 5.93. The topological polar surface area (TPSA) is 52.6 Å². The number of aliphatic hydroxyl groups is 1. The van der Waals surface area contributed by atoms with Gasteiger partial charge < -0.3 is 15.3 Å². The zero-order chi connectivity index (χ0) is 13.5. The lowest BCUT2D eigenvalue weighted by molar-refractivity contribution is 0.0963. The summed E-state index contributed by atoms with van der Waals surface area (Å²) in [5.41, 5.74) is 1.84. The molecule has 0 saturated carbocycles. The van der Waals surface area contributed by atoms with Gasteiger partial charge in [0, 0.05) is 25.7 Å². The Bertz CT molecular complexity index is 374. The molecule has 4 heteroatoms. The van der Waals surface area contributed by atoms with Crippen LogP contribution in [0.2, 0.25) is 0 Å². The molecule has 100 valence electrons. The smallest absolute Gasteiger partial charge is 0.251 e. The minimum absolute atomic E-state index is 0.0657. The third-order valence-corrected chi connectivity index (χ3v) is 2.82. The van der Waals surface area contributed by atoms with Gasteiger partial charge in [-0.15, -0.1) is 0 Å². The van der Waals surface area contributed by atoms with Gasteiger partial charge in [-0.2, -0.15) is 0 Å². The summed E-state index contributed by atoms with van der Waals surface area (Å²) in [6.07, 6.45) is 0.510. The molecule has 18 heavy (non-hydrogen) atoms. The lowest BCUT2D eigenvalue weighted by Gasteiger charge is -2.17. The molecule has 1 rings (SSSR count). The van der Waals surface area contributed by atoms with Crippen LogP contribution >= 0.6 is 0 Å². The maximum absolute atomic E-state index is 11.4. The Morgan fingerprint density at radius 3 is 2.50 bits per heavy atom. The molecule has 0 fully saturated rings. The number of hydrogen-bond acceptors (Lipinski definition) is 3. The van der Waals surface area contributed by atoms with Gasteiger partial charge in [0.25, 0.3) is 5.91 Å². The Labute approximate surface area is 109 Å². The van der Waals surface area contributed by atoms with Crippen LogP contribution in [0.3, 0.4) is 0 Å². The molecule has 0 aliphatic heterocycles. The highest BCUT2D eigenvalue weighted by Gasteiger charge is 2.05. The summed E-state index contributed by atoms with van der Waals surface area (Å²) in [5, 5.41) is 11.8. The van der Waals surface area contributed by atoms with E-state index in [1.54, 1.807) is 14.0 Å². The first-order valence-electron chi connectivity index (χ1n) is 6.20. The van der Waals surface area contributed by atoms with E-state index in [2.05, 4.69) is 10.2 Å². The molecule has 0 spiro atoms. The molecular weight excluding hydrogens is 228 g/mol. The van der Waals surface area contributed by atoms with E-state index in [0.717, 1.165) is 25.1 Å². The summed E-state index contributed by atoms with van der Waals surface area (Å²) in [7, 11) is 3.65. The molecule has 0 aromatic heterocycles. The maximum Gasteiger partial charge on any atom is 0.251 e. The van der Waals surface area contributed by atoms with E-state index in [1.165, 1.54) is 0 Å². The van der Waals surface area contributed by atoms with E-state index in [9.17, 15) is 9.90 Å². The van der Waals surface area contributed by atoms with Crippen LogP contribution in [0.25, 0.3) is 0 Å². The third-order valence-electron chi connectivity index (χ3n) is 2.82. The molecule has 0 aliphatic rings. The molecule has 1 aromatic rings. The van der Waals surface area contributed by atoms with Crippen LogP contribution in [0.4, 0.5) is 0 Å². The first kappa shape index (κ1) is 14.7. The van der Waals surface area contributed by atoms with Crippen LogP contribution in [0, 0.1) is 0 Å². The monoisotopic (exact) mass is 250 g/mol. The van der Waals surface area contributed by atoms with E-state index < -0.39 is 0 Å². The number of amides is 1. The van der Waals surface area contributed by atoms with Crippen molar-refractivity contribution in [3.05, 3.63) is 35.4 Å². The first-order valence-corrected chi connectivity index (χ1v) is 6.20. The van der Waals surface area contributed by atoms with Crippen molar-refractivity contribution in [3.8, 4) is 0 Å². The standard InChI is InChI=1S/C14H22N2O2/c1-11(17)8-9-16(3)10-12-4-6-13(7-5-12)14(18)15-2/h4-7,11,17H,8-10H2,1-3H3,(H,15,18)/t11-/m1/s1. The van der Waals surface area contributed by atoms with Crippen molar-refractivity contribution in [3.63, 3.8) is 0 Å². The summed E-state index contributed by atoms with van der Waals surface area (Å²) in [4.78, 5) is 13.5. The second kappa shape index (κ2) is 7.13. The molecule has 0 unspecified atom stereocenters. The number of carbonyl (C=O) groups is 1. The predicted octanol–water partition coefficient (Wildman–Crippen LogP) is 1.25. The van der Waals surface area contributed by atoms with Gasteiger partial charge in [-0.25, -0.2) is 0 Å². The number of nitrogens with zero attached hydrogens (tertiary/aromatic N) is 1. The predicted molar refractivity (Wildman–Crippen MR) is 72.5 cm³/mol. The third kappa shape index (κ3) is 4.85. The van der Waals surface area contributed by atoms with Crippen LogP contribution < -0.4 is 5.32 Å². The summed E-state index contributed by atoms with van der Waals surface area (Å²) >= 11 is 0. The second-order valence-corrected chi connectivity index (χ2v) is 4.65. The van der Waals surface area contributed by atoms with E-state index in [0.29, 0.717) is 5.56 Å².